The van der Waals surface area contributed by atoms with Gasteiger partial charge in [-0.3, -0.25) is 4.79 Å². The Morgan fingerprint density at radius 1 is 1.58 bits per heavy atom. The van der Waals surface area contributed by atoms with E-state index in [0.717, 1.165) is 11.9 Å². The van der Waals surface area contributed by atoms with Crippen LogP contribution in [0.1, 0.15) is 13.8 Å². The zero-order valence-corrected chi connectivity index (χ0v) is 10.2. The molecule has 1 N–H and O–H groups in total. The molecule has 0 aromatic rings. The number of hydrogen-bond acceptors (Lipinski definition) is 2. The highest BCUT2D eigenvalue weighted by Gasteiger charge is 2.16. The van der Waals surface area contributed by atoms with Crippen LogP contribution in [0.5, 0.6) is 0 Å². The molecule has 0 rings (SSSR count). The lowest BCUT2D eigenvalue weighted by atomic mass is 9.97. The van der Waals surface area contributed by atoms with Gasteiger partial charge in [0.25, 0.3) is 0 Å². The maximum Gasteiger partial charge on any atom is 0.230 e. The van der Waals surface area contributed by atoms with Crippen molar-refractivity contribution in [1.82, 2.24) is 5.32 Å². The van der Waals surface area contributed by atoms with E-state index >= 15 is 0 Å². The molecule has 0 aliphatic rings. The summed E-state index contributed by atoms with van der Waals surface area (Å²) >= 11 is 4.95. The molecular weight excluding hydrogens is 238 g/mol. The van der Waals surface area contributed by atoms with Gasteiger partial charge in [0.2, 0.25) is 5.91 Å². The normalized spacial score (nSPS) is 11.3. The number of carbonyl (C=O) groups is 1. The first-order chi connectivity index (χ1) is 5.52. The van der Waals surface area contributed by atoms with Crippen LogP contribution in [0.25, 0.3) is 0 Å². The van der Waals surface area contributed by atoms with E-state index in [-0.39, 0.29) is 11.3 Å². The van der Waals surface area contributed by atoms with Crippen LogP contribution in [-0.4, -0.2) is 29.8 Å². The van der Waals surface area contributed by atoms with Gasteiger partial charge in [0, 0.05) is 11.9 Å². The summed E-state index contributed by atoms with van der Waals surface area (Å²) in [4.78, 5) is 11.1. The SMILES string of the molecule is CSCC(=O)NCC(C)(C)CBr. The van der Waals surface area contributed by atoms with Gasteiger partial charge in [0.05, 0.1) is 5.75 Å². The van der Waals surface area contributed by atoms with Gasteiger partial charge in [0.1, 0.15) is 0 Å². The Morgan fingerprint density at radius 3 is 2.58 bits per heavy atom. The first-order valence-corrected chi connectivity index (χ1v) is 6.35. The molecule has 0 aromatic heterocycles. The summed E-state index contributed by atoms with van der Waals surface area (Å²) in [5, 5.41) is 3.79. The van der Waals surface area contributed by atoms with Crippen LogP contribution in [-0.2, 0) is 4.79 Å². The Labute approximate surface area is 87.0 Å². The summed E-state index contributed by atoms with van der Waals surface area (Å²) in [6.45, 7) is 4.96. The van der Waals surface area contributed by atoms with Crippen molar-refractivity contribution in [3.63, 3.8) is 0 Å². The van der Waals surface area contributed by atoms with Gasteiger partial charge in [-0.2, -0.15) is 11.8 Å². The molecule has 0 aliphatic heterocycles. The number of nitrogens with one attached hydrogen (secondary N) is 1. The largest absolute Gasteiger partial charge is 0.355 e. The van der Waals surface area contributed by atoms with E-state index in [2.05, 4.69) is 35.1 Å². The lowest BCUT2D eigenvalue weighted by Gasteiger charge is -2.21. The summed E-state index contributed by atoms with van der Waals surface area (Å²) in [7, 11) is 0. The van der Waals surface area contributed by atoms with Crippen molar-refractivity contribution in [2.45, 2.75) is 13.8 Å². The number of hydrogen-bond donors (Lipinski definition) is 1. The van der Waals surface area contributed by atoms with Crippen molar-refractivity contribution in [2.24, 2.45) is 5.41 Å². The zero-order chi connectivity index (χ0) is 9.61. The third-order valence-corrected chi connectivity index (χ3v) is 3.47. The van der Waals surface area contributed by atoms with Gasteiger partial charge >= 0.3 is 0 Å². The average molecular weight is 254 g/mol. The Balaban J connectivity index is 3.60. The molecular formula is C8H16BrNOS. The molecule has 0 atom stereocenters. The molecule has 0 aliphatic carbocycles. The highest BCUT2D eigenvalue weighted by atomic mass is 79.9. The van der Waals surface area contributed by atoms with Gasteiger partial charge in [-0.15, -0.1) is 0 Å². The average Bonchev–Trinajstić information content (AvgIpc) is 2.02. The molecule has 0 unspecified atom stereocenters. The zero-order valence-electron chi connectivity index (χ0n) is 7.82. The Kier molecular flexibility index (Phi) is 6.01. The number of thioether (sulfide) groups is 1. The van der Waals surface area contributed by atoms with Gasteiger partial charge < -0.3 is 5.32 Å². The van der Waals surface area contributed by atoms with Crippen LogP contribution in [0, 0.1) is 5.41 Å². The Morgan fingerprint density at radius 2 is 2.17 bits per heavy atom. The molecule has 2 nitrogen and oxygen atoms in total. The van der Waals surface area contributed by atoms with Crippen molar-refractivity contribution in [3.8, 4) is 0 Å². The summed E-state index contributed by atoms with van der Waals surface area (Å²) in [6, 6.07) is 0. The van der Waals surface area contributed by atoms with Crippen LogP contribution in [0.4, 0.5) is 0 Å². The molecule has 72 valence electrons. The van der Waals surface area contributed by atoms with Crippen LogP contribution in [0.3, 0.4) is 0 Å². The standard InChI is InChI=1S/C8H16BrNOS/c1-8(2,5-9)6-10-7(11)4-12-3/h4-6H2,1-3H3,(H,10,11). The van der Waals surface area contributed by atoms with Crippen molar-refractivity contribution < 1.29 is 4.79 Å². The van der Waals surface area contributed by atoms with E-state index in [1.54, 1.807) is 11.8 Å². The number of halogens is 1. The monoisotopic (exact) mass is 253 g/mol. The lowest BCUT2D eigenvalue weighted by molar-refractivity contribution is -0.118. The second kappa shape index (κ2) is 5.86. The van der Waals surface area contributed by atoms with Gasteiger partial charge in [-0.05, 0) is 11.7 Å². The number of carbonyl (C=O) groups excluding carboxylic acids is 1. The fourth-order valence-electron chi connectivity index (χ4n) is 0.567. The minimum atomic E-state index is 0.122. The van der Waals surface area contributed by atoms with Gasteiger partial charge in [-0.1, -0.05) is 29.8 Å². The van der Waals surface area contributed by atoms with Crippen LogP contribution >= 0.6 is 27.7 Å². The third-order valence-electron chi connectivity index (χ3n) is 1.40. The molecule has 0 heterocycles. The Bertz CT molecular complexity index is 150. The van der Waals surface area contributed by atoms with Gasteiger partial charge in [-0.25, -0.2) is 0 Å². The first kappa shape index (κ1) is 12.3. The smallest absolute Gasteiger partial charge is 0.230 e. The molecule has 0 saturated carbocycles. The number of alkyl halides is 1. The molecule has 0 fully saturated rings. The lowest BCUT2D eigenvalue weighted by Crippen LogP contribution is -2.35. The fourth-order valence-corrected chi connectivity index (χ4v) is 1.13. The van der Waals surface area contributed by atoms with Crippen LogP contribution in [0.15, 0.2) is 0 Å². The quantitative estimate of drug-likeness (QED) is 0.759. The van der Waals surface area contributed by atoms with E-state index < -0.39 is 0 Å². The Hall–Kier alpha value is 0.300. The predicted octanol–water partition coefficient (Wildman–Crippen LogP) is 1.89. The topological polar surface area (TPSA) is 29.1 Å². The van der Waals surface area contributed by atoms with Crippen molar-refractivity contribution in [1.29, 1.82) is 0 Å². The van der Waals surface area contributed by atoms with E-state index in [9.17, 15) is 4.79 Å². The molecule has 0 saturated heterocycles. The molecule has 12 heavy (non-hydrogen) atoms. The second-order valence-corrected chi connectivity index (χ2v) is 4.93. The van der Waals surface area contributed by atoms with E-state index in [1.165, 1.54) is 0 Å². The van der Waals surface area contributed by atoms with E-state index in [0.29, 0.717) is 5.75 Å². The van der Waals surface area contributed by atoms with Crippen LogP contribution in [0.2, 0.25) is 0 Å². The summed E-state index contributed by atoms with van der Waals surface area (Å²) < 4.78 is 0. The van der Waals surface area contributed by atoms with Crippen molar-refractivity contribution in [3.05, 3.63) is 0 Å². The summed E-state index contributed by atoms with van der Waals surface area (Å²) in [5.41, 5.74) is 0.147. The van der Waals surface area contributed by atoms with Crippen LogP contribution < -0.4 is 5.32 Å². The molecule has 1 amide bonds. The van der Waals surface area contributed by atoms with Crippen molar-refractivity contribution in [2.75, 3.05) is 23.9 Å². The van der Waals surface area contributed by atoms with Gasteiger partial charge in [0.15, 0.2) is 0 Å². The molecule has 0 spiro atoms. The number of rotatable bonds is 5. The van der Waals surface area contributed by atoms with Crippen molar-refractivity contribution >= 4 is 33.6 Å². The maximum atomic E-state index is 11.1. The minimum absolute atomic E-state index is 0.122. The molecule has 4 heteroatoms. The maximum absolute atomic E-state index is 11.1. The summed E-state index contributed by atoms with van der Waals surface area (Å²) in [6.07, 6.45) is 1.93. The summed E-state index contributed by atoms with van der Waals surface area (Å²) in [5.74, 6) is 0.676. The fraction of sp³-hybridized carbons (Fsp3) is 0.875. The number of amides is 1. The highest BCUT2D eigenvalue weighted by molar-refractivity contribution is 9.09. The molecule has 0 bridgehead atoms. The predicted molar refractivity (Wildman–Crippen MR) is 59.0 cm³/mol. The highest BCUT2D eigenvalue weighted by Crippen LogP contribution is 2.16. The molecule has 0 aromatic carbocycles. The van der Waals surface area contributed by atoms with E-state index in [1.807, 2.05) is 6.26 Å². The molecule has 0 radical (unpaired) electrons. The first-order valence-electron chi connectivity index (χ1n) is 3.83. The second-order valence-electron chi connectivity index (χ2n) is 3.51. The minimum Gasteiger partial charge on any atom is -0.355 e. The van der Waals surface area contributed by atoms with E-state index in [4.69, 9.17) is 0 Å². The third kappa shape index (κ3) is 5.89.